The maximum absolute atomic E-state index is 5.80. The number of aromatic nitrogens is 2. The van der Waals surface area contributed by atoms with E-state index in [1.807, 2.05) is 7.05 Å². The Labute approximate surface area is 83.1 Å². The third kappa shape index (κ3) is 1.05. The first-order valence-electron chi connectivity index (χ1n) is 4.56. The molecule has 5 heteroatoms. The van der Waals surface area contributed by atoms with Crippen LogP contribution in [0.15, 0.2) is 0 Å². The van der Waals surface area contributed by atoms with E-state index in [2.05, 4.69) is 28.7 Å². The highest BCUT2D eigenvalue weighted by Gasteiger charge is 2.38. The molecule has 0 saturated carbocycles. The molecule has 0 aromatic carbocycles. The first-order chi connectivity index (χ1) is 6.43. The van der Waals surface area contributed by atoms with E-state index in [0.717, 1.165) is 17.8 Å². The van der Waals surface area contributed by atoms with Crippen molar-refractivity contribution in [3.05, 3.63) is 11.3 Å². The Bertz CT molecular complexity index is 385. The van der Waals surface area contributed by atoms with Crippen LogP contribution < -0.4 is 11.5 Å². The summed E-state index contributed by atoms with van der Waals surface area (Å²) in [5.41, 5.74) is 13.2. The van der Waals surface area contributed by atoms with E-state index in [0.29, 0.717) is 5.82 Å². The van der Waals surface area contributed by atoms with Crippen LogP contribution in [-0.4, -0.2) is 21.9 Å². The largest absolute Gasteiger partial charge is 0.383 e. The predicted molar refractivity (Wildman–Crippen MR) is 55.3 cm³/mol. The van der Waals surface area contributed by atoms with Crippen LogP contribution in [0.2, 0.25) is 0 Å². The monoisotopic (exact) mass is 193 g/mol. The van der Waals surface area contributed by atoms with E-state index >= 15 is 0 Å². The van der Waals surface area contributed by atoms with Gasteiger partial charge in [0.15, 0.2) is 0 Å². The lowest BCUT2D eigenvalue weighted by molar-refractivity contribution is 0.175. The van der Waals surface area contributed by atoms with Gasteiger partial charge in [-0.05, 0) is 20.9 Å². The minimum atomic E-state index is -0.111. The Hall–Kier alpha value is -1.36. The highest BCUT2D eigenvalue weighted by atomic mass is 15.2. The molecular weight excluding hydrogens is 178 g/mol. The first-order valence-corrected chi connectivity index (χ1v) is 4.56. The topological polar surface area (TPSA) is 81.1 Å². The second kappa shape index (κ2) is 2.57. The number of anilines is 2. The van der Waals surface area contributed by atoms with Crippen molar-refractivity contribution in [1.82, 2.24) is 14.9 Å². The van der Waals surface area contributed by atoms with Crippen LogP contribution in [0.4, 0.5) is 11.8 Å². The molecule has 1 aromatic heterocycles. The van der Waals surface area contributed by atoms with Gasteiger partial charge in [-0.15, -0.1) is 0 Å². The zero-order valence-electron chi connectivity index (χ0n) is 8.70. The normalized spacial score (nSPS) is 19.6. The van der Waals surface area contributed by atoms with Crippen molar-refractivity contribution in [2.24, 2.45) is 0 Å². The number of nitrogens with two attached hydrogens (primary N) is 2. The summed E-state index contributed by atoms with van der Waals surface area (Å²) in [5.74, 6) is 0.759. The van der Waals surface area contributed by atoms with E-state index in [4.69, 9.17) is 11.5 Å². The predicted octanol–water partition coefficient (Wildman–Crippen LogP) is 0.322. The fraction of sp³-hybridized carbons (Fsp3) is 0.556. The summed E-state index contributed by atoms with van der Waals surface area (Å²) in [5, 5.41) is 0. The van der Waals surface area contributed by atoms with Crippen molar-refractivity contribution in [1.29, 1.82) is 0 Å². The summed E-state index contributed by atoms with van der Waals surface area (Å²) in [4.78, 5) is 10.4. The van der Waals surface area contributed by atoms with Gasteiger partial charge in [0, 0.05) is 12.1 Å². The minimum Gasteiger partial charge on any atom is -0.383 e. The van der Waals surface area contributed by atoms with Crippen molar-refractivity contribution in [3.63, 3.8) is 0 Å². The number of rotatable bonds is 0. The fourth-order valence-corrected chi connectivity index (χ4v) is 1.80. The average molecular weight is 193 g/mol. The van der Waals surface area contributed by atoms with Crippen LogP contribution in [0, 0.1) is 0 Å². The Morgan fingerprint density at radius 3 is 2.57 bits per heavy atom. The molecule has 4 N–H and O–H groups in total. The van der Waals surface area contributed by atoms with Crippen molar-refractivity contribution < 1.29 is 0 Å². The Morgan fingerprint density at radius 2 is 1.93 bits per heavy atom. The molecule has 2 rings (SSSR count). The van der Waals surface area contributed by atoms with Crippen molar-refractivity contribution in [2.75, 3.05) is 18.5 Å². The summed E-state index contributed by atoms with van der Waals surface area (Å²) in [6.07, 6.45) is 0. The average Bonchev–Trinajstić information content (AvgIpc) is 2.28. The lowest BCUT2D eigenvalue weighted by Crippen LogP contribution is -2.32. The van der Waals surface area contributed by atoms with Gasteiger partial charge in [0.05, 0.1) is 11.2 Å². The van der Waals surface area contributed by atoms with Crippen LogP contribution >= 0.6 is 0 Å². The summed E-state index contributed by atoms with van der Waals surface area (Å²) < 4.78 is 0. The first kappa shape index (κ1) is 9.21. The van der Waals surface area contributed by atoms with Crippen LogP contribution in [0.25, 0.3) is 0 Å². The SMILES string of the molecule is CN1Cc2c(N)nc(N)nc2C1(C)C. The molecule has 0 radical (unpaired) electrons. The fourth-order valence-electron chi connectivity index (χ4n) is 1.80. The van der Waals surface area contributed by atoms with E-state index in [1.165, 1.54) is 0 Å². The molecule has 0 fully saturated rings. The maximum atomic E-state index is 5.80. The number of hydrogen-bond donors (Lipinski definition) is 2. The van der Waals surface area contributed by atoms with E-state index < -0.39 is 0 Å². The zero-order chi connectivity index (χ0) is 10.5. The third-order valence-electron chi connectivity index (χ3n) is 2.99. The molecule has 1 aliphatic rings. The second-order valence-electron chi connectivity index (χ2n) is 4.21. The van der Waals surface area contributed by atoms with Gasteiger partial charge >= 0.3 is 0 Å². The number of nitrogens with zero attached hydrogens (tertiary/aromatic N) is 3. The molecule has 76 valence electrons. The highest BCUT2D eigenvalue weighted by molar-refractivity contribution is 5.50. The molecule has 0 spiro atoms. The highest BCUT2D eigenvalue weighted by Crippen LogP contribution is 2.38. The lowest BCUT2D eigenvalue weighted by atomic mass is 10.0. The molecule has 5 nitrogen and oxygen atoms in total. The van der Waals surface area contributed by atoms with E-state index in [9.17, 15) is 0 Å². The molecule has 2 heterocycles. The quantitative estimate of drug-likeness (QED) is 0.620. The van der Waals surface area contributed by atoms with Crippen molar-refractivity contribution >= 4 is 11.8 Å². The van der Waals surface area contributed by atoms with Gasteiger partial charge in [0.1, 0.15) is 5.82 Å². The molecule has 1 aliphatic heterocycles. The van der Waals surface area contributed by atoms with Gasteiger partial charge in [-0.3, -0.25) is 4.90 Å². The standard InChI is InChI=1S/C9H15N5/c1-9(2)6-5(4-14(9)3)7(10)13-8(11)12-6/h4H2,1-3H3,(H4,10,11,12,13). The van der Waals surface area contributed by atoms with Crippen molar-refractivity contribution in [3.8, 4) is 0 Å². The number of fused-ring (bicyclic) bond motifs is 1. The van der Waals surface area contributed by atoms with Crippen molar-refractivity contribution in [2.45, 2.75) is 25.9 Å². The smallest absolute Gasteiger partial charge is 0.222 e. The van der Waals surface area contributed by atoms with Crippen LogP contribution in [-0.2, 0) is 12.1 Å². The molecule has 0 unspecified atom stereocenters. The molecular formula is C9H15N5. The van der Waals surface area contributed by atoms with E-state index in [1.54, 1.807) is 0 Å². The summed E-state index contributed by atoms with van der Waals surface area (Å²) in [6, 6.07) is 0. The van der Waals surface area contributed by atoms with Gasteiger partial charge in [0.25, 0.3) is 0 Å². The molecule has 14 heavy (non-hydrogen) atoms. The molecule has 0 bridgehead atoms. The lowest BCUT2D eigenvalue weighted by Gasteiger charge is -2.27. The molecule has 1 aromatic rings. The molecule has 0 atom stereocenters. The molecule has 0 amide bonds. The number of hydrogen-bond acceptors (Lipinski definition) is 5. The Balaban J connectivity index is 2.65. The Morgan fingerprint density at radius 1 is 1.29 bits per heavy atom. The van der Waals surface area contributed by atoms with Gasteiger partial charge in [-0.2, -0.15) is 4.98 Å². The third-order valence-corrected chi connectivity index (χ3v) is 2.99. The van der Waals surface area contributed by atoms with E-state index in [-0.39, 0.29) is 11.5 Å². The van der Waals surface area contributed by atoms with Gasteiger partial charge in [-0.1, -0.05) is 0 Å². The minimum absolute atomic E-state index is 0.111. The number of nitrogen functional groups attached to an aromatic ring is 2. The summed E-state index contributed by atoms with van der Waals surface area (Å²) in [6.45, 7) is 4.99. The summed E-state index contributed by atoms with van der Waals surface area (Å²) in [7, 11) is 2.04. The van der Waals surface area contributed by atoms with Crippen LogP contribution in [0.5, 0.6) is 0 Å². The summed E-state index contributed by atoms with van der Waals surface area (Å²) >= 11 is 0. The maximum Gasteiger partial charge on any atom is 0.222 e. The van der Waals surface area contributed by atoms with Crippen LogP contribution in [0.1, 0.15) is 25.1 Å². The van der Waals surface area contributed by atoms with Crippen LogP contribution in [0.3, 0.4) is 0 Å². The second-order valence-corrected chi connectivity index (χ2v) is 4.21. The molecule has 0 saturated heterocycles. The zero-order valence-corrected chi connectivity index (χ0v) is 8.70. The van der Waals surface area contributed by atoms with Gasteiger partial charge in [-0.25, -0.2) is 4.98 Å². The Kier molecular flexibility index (Phi) is 1.69. The molecule has 0 aliphatic carbocycles. The van der Waals surface area contributed by atoms with Gasteiger partial charge in [0.2, 0.25) is 5.95 Å². The van der Waals surface area contributed by atoms with Gasteiger partial charge < -0.3 is 11.5 Å².